The zero-order valence-corrected chi connectivity index (χ0v) is 20.6. The van der Waals surface area contributed by atoms with Gasteiger partial charge in [0.15, 0.2) is 0 Å². The standard InChI is InChI=1S/C28H35N3O3/c1-5-23(4)31(28(33)29-26-14-13-21(2)18-22(26)3)20-27(32)30(19-25-12-9-17-34-25)16-15-24-10-7-6-8-11-24/h6-14,17-18,23H,5,15-16,19-20H2,1-4H3,(H,29,33). The van der Waals surface area contributed by atoms with Gasteiger partial charge in [0, 0.05) is 18.3 Å². The predicted molar refractivity (Wildman–Crippen MR) is 136 cm³/mol. The topological polar surface area (TPSA) is 65.8 Å². The summed E-state index contributed by atoms with van der Waals surface area (Å²) in [5, 5.41) is 3.00. The number of carbonyl (C=O) groups is 2. The molecule has 180 valence electrons. The molecule has 0 saturated heterocycles. The van der Waals surface area contributed by atoms with Crippen molar-refractivity contribution in [3.8, 4) is 0 Å². The Balaban J connectivity index is 1.74. The van der Waals surface area contributed by atoms with Gasteiger partial charge < -0.3 is 19.5 Å². The second-order valence-electron chi connectivity index (χ2n) is 8.76. The summed E-state index contributed by atoms with van der Waals surface area (Å²) < 4.78 is 5.50. The summed E-state index contributed by atoms with van der Waals surface area (Å²) in [6, 6.07) is 19.3. The fourth-order valence-electron chi connectivity index (χ4n) is 3.83. The van der Waals surface area contributed by atoms with Crippen LogP contribution in [-0.4, -0.2) is 40.9 Å². The van der Waals surface area contributed by atoms with Crippen LogP contribution >= 0.6 is 0 Å². The van der Waals surface area contributed by atoms with Crippen LogP contribution in [0.1, 0.15) is 42.7 Å². The van der Waals surface area contributed by atoms with Crippen molar-refractivity contribution in [2.75, 3.05) is 18.4 Å². The van der Waals surface area contributed by atoms with E-state index in [1.807, 2.05) is 76.2 Å². The number of carbonyl (C=O) groups excluding carboxylic acids is 2. The molecule has 0 bridgehead atoms. The molecule has 0 spiro atoms. The van der Waals surface area contributed by atoms with Crippen molar-refractivity contribution in [2.24, 2.45) is 0 Å². The number of amides is 3. The molecule has 3 rings (SSSR count). The number of urea groups is 1. The second kappa shape index (κ2) is 12.1. The number of anilines is 1. The van der Waals surface area contributed by atoms with E-state index in [-0.39, 0.29) is 24.5 Å². The molecule has 1 aromatic heterocycles. The van der Waals surface area contributed by atoms with E-state index in [1.54, 1.807) is 16.1 Å². The molecule has 2 aromatic carbocycles. The number of nitrogens with one attached hydrogen (secondary N) is 1. The summed E-state index contributed by atoms with van der Waals surface area (Å²) in [5.41, 5.74) is 4.04. The minimum Gasteiger partial charge on any atom is -0.467 e. The maximum atomic E-state index is 13.5. The van der Waals surface area contributed by atoms with E-state index in [9.17, 15) is 9.59 Å². The first-order chi connectivity index (χ1) is 16.4. The lowest BCUT2D eigenvalue weighted by Crippen LogP contribution is -2.48. The Morgan fingerprint density at radius 1 is 1.03 bits per heavy atom. The normalized spacial score (nSPS) is 11.6. The first-order valence-corrected chi connectivity index (χ1v) is 11.9. The fraction of sp³-hybridized carbons (Fsp3) is 0.357. The molecule has 0 radical (unpaired) electrons. The Hall–Kier alpha value is -3.54. The van der Waals surface area contributed by atoms with Crippen LogP contribution in [0.25, 0.3) is 0 Å². The van der Waals surface area contributed by atoms with Crippen LogP contribution in [0, 0.1) is 13.8 Å². The highest BCUT2D eigenvalue weighted by atomic mass is 16.3. The van der Waals surface area contributed by atoms with Gasteiger partial charge in [-0.25, -0.2) is 4.79 Å². The van der Waals surface area contributed by atoms with Gasteiger partial charge in [-0.1, -0.05) is 55.0 Å². The molecule has 3 amide bonds. The van der Waals surface area contributed by atoms with Gasteiger partial charge in [-0.3, -0.25) is 4.79 Å². The monoisotopic (exact) mass is 461 g/mol. The van der Waals surface area contributed by atoms with E-state index >= 15 is 0 Å². The lowest BCUT2D eigenvalue weighted by atomic mass is 10.1. The molecular formula is C28H35N3O3. The highest BCUT2D eigenvalue weighted by molar-refractivity contribution is 5.93. The van der Waals surface area contributed by atoms with Crippen molar-refractivity contribution in [1.82, 2.24) is 9.80 Å². The minimum absolute atomic E-state index is 0.00124. The minimum atomic E-state index is -0.268. The molecule has 1 heterocycles. The molecule has 6 heteroatoms. The van der Waals surface area contributed by atoms with Crippen LogP contribution in [0.2, 0.25) is 0 Å². The Kier molecular flexibility index (Phi) is 8.91. The largest absolute Gasteiger partial charge is 0.467 e. The fourth-order valence-corrected chi connectivity index (χ4v) is 3.83. The second-order valence-corrected chi connectivity index (χ2v) is 8.76. The van der Waals surface area contributed by atoms with Crippen molar-refractivity contribution >= 4 is 17.6 Å². The lowest BCUT2D eigenvalue weighted by molar-refractivity contribution is -0.133. The quantitative estimate of drug-likeness (QED) is 0.415. The van der Waals surface area contributed by atoms with Crippen LogP contribution in [0.5, 0.6) is 0 Å². The number of furan rings is 1. The summed E-state index contributed by atoms with van der Waals surface area (Å²) in [7, 11) is 0. The van der Waals surface area contributed by atoms with Crippen molar-refractivity contribution < 1.29 is 14.0 Å². The Labute approximate surface area is 202 Å². The maximum absolute atomic E-state index is 13.5. The molecule has 3 aromatic rings. The highest BCUT2D eigenvalue weighted by Gasteiger charge is 2.25. The molecular weight excluding hydrogens is 426 g/mol. The molecule has 1 N–H and O–H groups in total. The van der Waals surface area contributed by atoms with Crippen LogP contribution in [0.4, 0.5) is 10.5 Å². The van der Waals surface area contributed by atoms with Gasteiger partial charge in [0.2, 0.25) is 5.91 Å². The third-order valence-corrected chi connectivity index (χ3v) is 6.11. The van der Waals surface area contributed by atoms with Gasteiger partial charge in [0.05, 0.1) is 12.8 Å². The highest BCUT2D eigenvalue weighted by Crippen LogP contribution is 2.18. The Morgan fingerprint density at radius 2 is 1.79 bits per heavy atom. The molecule has 0 aliphatic heterocycles. The third kappa shape index (κ3) is 6.98. The van der Waals surface area contributed by atoms with Gasteiger partial charge in [0.25, 0.3) is 0 Å². The van der Waals surface area contributed by atoms with Gasteiger partial charge in [-0.15, -0.1) is 0 Å². The third-order valence-electron chi connectivity index (χ3n) is 6.11. The van der Waals surface area contributed by atoms with Gasteiger partial charge in [-0.05, 0) is 62.9 Å². The number of hydrogen-bond acceptors (Lipinski definition) is 3. The summed E-state index contributed by atoms with van der Waals surface area (Å²) >= 11 is 0. The SMILES string of the molecule is CCC(C)N(CC(=O)N(CCc1ccccc1)Cc1ccco1)C(=O)Nc1ccc(C)cc1C. The molecule has 1 unspecified atom stereocenters. The van der Waals surface area contributed by atoms with Gasteiger partial charge in [-0.2, -0.15) is 0 Å². The Morgan fingerprint density at radius 3 is 2.44 bits per heavy atom. The lowest BCUT2D eigenvalue weighted by Gasteiger charge is -2.31. The zero-order valence-electron chi connectivity index (χ0n) is 20.6. The summed E-state index contributed by atoms with van der Waals surface area (Å²) in [6.45, 7) is 8.88. The average molecular weight is 462 g/mol. The van der Waals surface area contributed by atoms with Crippen LogP contribution in [-0.2, 0) is 17.8 Å². The van der Waals surface area contributed by atoms with E-state index in [1.165, 1.54) is 0 Å². The van der Waals surface area contributed by atoms with E-state index in [4.69, 9.17) is 4.42 Å². The van der Waals surface area contributed by atoms with E-state index in [0.29, 0.717) is 13.1 Å². The number of rotatable bonds is 10. The van der Waals surface area contributed by atoms with Crippen molar-refractivity contribution in [2.45, 2.75) is 53.1 Å². The molecule has 6 nitrogen and oxygen atoms in total. The average Bonchev–Trinajstić information content (AvgIpc) is 3.35. The molecule has 1 atom stereocenters. The predicted octanol–water partition coefficient (Wildman–Crippen LogP) is 5.80. The van der Waals surface area contributed by atoms with E-state index < -0.39 is 0 Å². The van der Waals surface area contributed by atoms with Crippen molar-refractivity contribution in [3.63, 3.8) is 0 Å². The molecule has 0 fully saturated rings. The number of hydrogen-bond donors (Lipinski definition) is 1. The van der Waals surface area contributed by atoms with Crippen molar-refractivity contribution in [3.05, 3.63) is 89.4 Å². The number of aryl methyl sites for hydroxylation is 2. The molecule has 0 aliphatic rings. The maximum Gasteiger partial charge on any atom is 0.322 e. The van der Waals surface area contributed by atoms with Gasteiger partial charge in [0.1, 0.15) is 12.3 Å². The van der Waals surface area contributed by atoms with Crippen LogP contribution in [0.15, 0.2) is 71.3 Å². The number of nitrogens with zero attached hydrogens (tertiary/aromatic N) is 2. The van der Waals surface area contributed by atoms with Crippen LogP contribution < -0.4 is 5.32 Å². The van der Waals surface area contributed by atoms with E-state index in [2.05, 4.69) is 17.4 Å². The number of benzene rings is 2. The summed E-state index contributed by atoms with van der Waals surface area (Å²) in [4.78, 5) is 30.1. The summed E-state index contributed by atoms with van der Waals surface area (Å²) in [5.74, 6) is 0.611. The Bertz CT molecular complexity index is 1060. The van der Waals surface area contributed by atoms with Gasteiger partial charge >= 0.3 is 6.03 Å². The molecule has 0 saturated carbocycles. The molecule has 34 heavy (non-hydrogen) atoms. The molecule has 0 aliphatic carbocycles. The zero-order chi connectivity index (χ0) is 24.5. The smallest absolute Gasteiger partial charge is 0.322 e. The van der Waals surface area contributed by atoms with Crippen molar-refractivity contribution in [1.29, 1.82) is 0 Å². The first-order valence-electron chi connectivity index (χ1n) is 11.9. The van der Waals surface area contributed by atoms with Crippen LogP contribution in [0.3, 0.4) is 0 Å². The first kappa shape index (κ1) is 25.1. The summed E-state index contributed by atoms with van der Waals surface area (Å²) in [6.07, 6.45) is 3.08. The van der Waals surface area contributed by atoms with E-state index in [0.717, 1.165) is 41.0 Å².